The molecule has 0 aliphatic carbocycles. The van der Waals surface area contributed by atoms with E-state index in [1.165, 1.54) is 0 Å². The summed E-state index contributed by atoms with van der Waals surface area (Å²) in [5.41, 5.74) is 7.84. The van der Waals surface area contributed by atoms with Crippen LogP contribution in [0.4, 0.5) is 0 Å². The van der Waals surface area contributed by atoms with Crippen LogP contribution in [-0.4, -0.2) is 19.9 Å². The van der Waals surface area contributed by atoms with Crippen LogP contribution in [0.3, 0.4) is 0 Å². The Bertz CT molecular complexity index is 1600. The molecular weight excluding hydrogens is 392 g/mol. The summed E-state index contributed by atoms with van der Waals surface area (Å²) in [6.07, 6.45) is 30.7. The zero-order chi connectivity index (χ0) is 22.2. The van der Waals surface area contributed by atoms with E-state index in [2.05, 4.69) is 43.6 Å². The van der Waals surface area contributed by atoms with Gasteiger partial charge in [-0.1, -0.05) is 23.7 Å². The van der Waals surface area contributed by atoms with Gasteiger partial charge in [0.05, 0.1) is 67.1 Å². The zero-order valence-corrected chi connectivity index (χ0v) is 16.8. The smallest absolute Gasteiger partial charge is 0.0816 e. The molecule has 0 fully saturated rings. The third kappa shape index (κ3) is 2.81. The van der Waals surface area contributed by atoms with Crippen molar-refractivity contribution in [2.75, 3.05) is 0 Å². The van der Waals surface area contributed by atoms with Gasteiger partial charge in [0.1, 0.15) is 0 Å². The Balaban J connectivity index is 2.04. The second-order valence-corrected chi connectivity index (χ2v) is 7.08. The maximum Gasteiger partial charge on any atom is 0.0816 e. The summed E-state index contributed by atoms with van der Waals surface area (Å²) < 4.78 is 0. The second-order valence-electron chi connectivity index (χ2n) is 7.08. The number of nitrogens with one attached hydrogen (secondary N) is 2. The van der Waals surface area contributed by atoms with Gasteiger partial charge in [-0.3, -0.25) is 0 Å². The molecule has 2 aliphatic heterocycles. The molecule has 0 amide bonds. The number of terminal acetylenes is 4. The van der Waals surface area contributed by atoms with Crippen molar-refractivity contribution in [3.05, 3.63) is 69.3 Å². The first-order valence-corrected chi connectivity index (χ1v) is 9.69. The summed E-state index contributed by atoms with van der Waals surface area (Å²) >= 11 is 0. The molecule has 5 heterocycles. The molecule has 8 bridgehead atoms. The van der Waals surface area contributed by atoms with Gasteiger partial charge in [-0.25, -0.2) is 9.97 Å². The van der Waals surface area contributed by atoms with Crippen LogP contribution < -0.4 is 0 Å². The highest BCUT2D eigenvalue weighted by molar-refractivity contribution is 5.87. The fourth-order valence-electron chi connectivity index (χ4n) is 3.81. The van der Waals surface area contributed by atoms with Crippen LogP contribution in [0.15, 0.2) is 24.3 Å². The predicted molar refractivity (Wildman–Crippen MR) is 131 cm³/mol. The van der Waals surface area contributed by atoms with Gasteiger partial charge in [0.25, 0.3) is 0 Å². The minimum absolute atomic E-state index is 0.560. The third-order valence-corrected chi connectivity index (χ3v) is 5.33. The minimum atomic E-state index is 0.560. The van der Waals surface area contributed by atoms with E-state index < -0.39 is 0 Å². The molecule has 5 rings (SSSR count). The minimum Gasteiger partial charge on any atom is -0.353 e. The van der Waals surface area contributed by atoms with E-state index >= 15 is 0 Å². The van der Waals surface area contributed by atoms with Gasteiger partial charge in [-0.2, -0.15) is 0 Å². The average Bonchev–Trinajstić information content (AvgIpc) is 3.59. The van der Waals surface area contributed by atoms with Crippen LogP contribution in [0.25, 0.3) is 46.4 Å². The standard InChI is InChI=1S/C28H14N4/c1-5-17-21-9-11-23(29-21)18(6-2)25-13-15-27(31-25)20(8-4)28-16-14-26(32-28)19(7-3)24-12-10-22(17)30-24/h1-4,9-16,29-30H. The molecule has 4 heteroatoms. The lowest BCUT2D eigenvalue weighted by Crippen LogP contribution is -1.90. The van der Waals surface area contributed by atoms with E-state index in [9.17, 15) is 0 Å². The van der Waals surface area contributed by atoms with Crippen molar-refractivity contribution >= 4 is 46.4 Å². The number of H-pyrrole nitrogens is 2. The van der Waals surface area contributed by atoms with Crippen LogP contribution in [0.1, 0.15) is 45.0 Å². The summed E-state index contributed by atoms with van der Waals surface area (Å²) in [7, 11) is 0. The number of aromatic nitrogens is 4. The van der Waals surface area contributed by atoms with Crippen LogP contribution in [0.2, 0.25) is 0 Å². The number of hydrogen-bond acceptors (Lipinski definition) is 2. The Morgan fingerprint density at radius 1 is 0.469 bits per heavy atom. The van der Waals surface area contributed by atoms with Gasteiger partial charge in [0.15, 0.2) is 0 Å². The highest BCUT2D eigenvalue weighted by Gasteiger charge is 2.14. The summed E-state index contributed by atoms with van der Waals surface area (Å²) in [6.45, 7) is 0. The summed E-state index contributed by atoms with van der Waals surface area (Å²) in [5, 5.41) is 0. The van der Waals surface area contributed by atoms with Crippen molar-refractivity contribution in [1.82, 2.24) is 19.9 Å². The quantitative estimate of drug-likeness (QED) is 0.370. The first-order valence-electron chi connectivity index (χ1n) is 9.69. The molecule has 0 saturated heterocycles. The van der Waals surface area contributed by atoms with E-state index in [-0.39, 0.29) is 0 Å². The topological polar surface area (TPSA) is 57.4 Å². The maximum absolute atomic E-state index is 5.85. The zero-order valence-electron chi connectivity index (χ0n) is 16.8. The van der Waals surface area contributed by atoms with Crippen molar-refractivity contribution in [1.29, 1.82) is 0 Å². The molecule has 4 nitrogen and oxygen atoms in total. The predicted octanol–water partition coefficient (Wildman–Crippen LogP) is 4.58. The van der Waals surface area contributed by atoms with Gasteiger partial charge in [0.2, 0.25) is 0 Å². The van der Waals surface area contributed by atoms with E-state index in [1.54, 1.807) is 0 Å². The molecule has 146 valence electrons. The van der Waals surface area contributed by atoms with E-state index in [0.717, 1.165) is 22.1 Å². The first kappa shape index (κ1) is 18.8. The van der Waals surface area contributed by atoms with E-state index in [4.69, 9.17) is 25.7 Å². The highest BCUT2D eigenvalue weighted by atomic mass is 14.8. The summed E-state index contributed by atoms with van der Waals surface area (Å²) in [6, 6.07) is 7.54. The molecule has 0 aromatic carbocycles. The first-order chi connectivity index (χ1) is 15.7. The van der Waals surface area contributed by atoms with Gasteiger partial charge in [-0.15, -0.1) is 25.7 Å². The number of aromatic amines is 2. The second kappa shape index (κ2) is 7.27. The fourth-order valence-corrected chi connectivity index (χ4v) is 3.81. The number of fused-ring (bicyclic) bond motifs is 8. The largest absolute Gasteiger partial charge is 0.353 e. The Morgan fingerprint density at radius 3 is 1.12 bits per heavy atom. The van der Waals surface area contributed by atoms with E-state index in [0.29, 0.717) is 45.0 Å². The fraction of sp³-hybridized carbons (Fsp3) is 0. The molecule has 3 aromatic rings. The van der Waals surface area contributed by atoms with Gasteiger partial charge < -0.3 is 9.97 Å². The number of nitrogens with zero attached hydrogens (tertiary/aromatic N) is 2. The molecule has 0 unspecified atom stereocenters. The molecule has 32 heavy (non-hydrogen) atoms. The van der Waals surface area contributed by atoms with Crippen molar-refractivity contribution in [3.63, 3.8) is 0 Å². The SMILES string of the molecule is C#Cc1c2nc(c(C#C)c3ccc([nH]3)c(C#C)c3ccc([nH]3)c(C#C)c3nc1C=C3)C=C2. The summed E-state index contributed by atoms with van der Waals surface area (Å²) in [4.78, 5) is 16.0. The maximum atomic E-state index is 5.85. The summed E-state index contributed by atoms with van der Waals surface area (Å²) in [5.74, 6) is 10.9. The molecule has 2 N–H and O–H groups in total. The average molecular weight is 406 g/mol. The Kier molecular flexibility index (Phi) is 4.28. The molecule has 0 radical (unpaired) electrons. The Labute approximate surface area is 185 Å². The Morgan fingerprint density at radius 2 is 0.781 bits per heavy atom. The van der Waals surface area contributed by atoms with Gasteiger partial charge in [0, 0.05) is 0 Å². The lowest BCUT2D eigenvalue weighted by molar-refractivity contribution is 1.25. The van der Waals surface area contributed by atoms with Crippen LogP contribution in [0.5, 0.6) is 0 Å². The molecule has 0 spiro atoms. The van der Waals surface area contributed by atoms with Crippen molar-refractivity contribution < 1.29 is 0 Å². The van der Waals surface area contributed by atoms with Crippen LogP contribution >= 0.6 is 0 Å². The highest BCUT2D eigenvalue weighted by Crippen LogP contribution is 2.26. The molecule has 3 aromatic heterocycles. The number of hydrogen-bond donors (Lipinski definition) is 2. The molecular formula is C28H14N4. The Hall–Kier alpha value is -5.16. The van der Waals surface area contributed by atoms with Crippen molar-refractivity contribution in [3.8, 4) is 49.4 Å². The van der Waals surface area contributed by atoms with Crippen LogP contribution in [0, 0.1) is 49.4 Å². The van der Waals surface area contributed by atoms with Gasteiger partial charge in [-0.05, 0) is 48.6 Å². The molecule has 0 atom stereocenters. The third-order valence-electron chi connectivity index (χ3n) is 5.33. The lowest BCUT2D eigenvalue weighted by atomic mass is 10.1. The van der Waals surface area contributed by atoms with Gasteiger partial charge >= 0.3 is 0 Å². The molecule has 0 saturated carbocycles. The van der Waals surface area contributed by atoms with Crippen molar-refractivity contribution in [2.24, 2.45) is 0 Å². The monoisotopic (exact) mass is 406 g/mol. The van der Waals surface area contributed by atoms with Crippen molar-refractivity contribution in [2.45, 2.75) is 0 Å². The normalized spacial score (nSPS) is 11.4. The van der Waals surface area contributed by atoms with E-state index in [1.807, 2.05) is 48.6 Å². The van der Waals surface area contributed by atoms with Crippen LogP contribution in [-0.2, 0) is 0 Å². The lowest BCUT2D eigenvalue weighted by Gasteiger charge is -1.96. The number of rotatable bonds is 0. The molecule has 2 aliphatic rings.